The van der Waals surface area contributed by atoms with E-state index in [1.807, 2.05) is 18.2 Å². The fraction of sp³-hybridized carbons (Fsp3) is 0.375. The summed E-state index contributed by atoms with van der Waals surface area (Å²) < 4.78 is 0. The molecule has 2 unspecified atom stereocenters. The van der Waals surface area contributed by atoms with Crippen LogP contribution >= 0.6 is 0 Å². The molecule has 0 saturated carbocycles. The van der Waals surface area contributed by atoms with Crippen LogP contribution in [0.1, 0.15) is 36.3 Å². The van der Waals surface area contributed by atoms with Gasteiger partial charge in [0.2, 0.25) is 0 Å². The molecule has 1 aliphatic heterocycles. The Labute approximate surface area is 123 Å². The van der Waals surface area contributed by atoms with Gasteiger partial charge in [0.15, 0.2) is 6.10 Å². The van der Waals surface area contributed by atoms with Crippen molar-refractivity contribution in [1.29, 1.82) is 0 Å². The van der Waals surface area contributed by atoms with E-state index in [4.69, 9.17) is 0 Å². The normalized spacial score (nSPS) is 20.2. The summed E-state index contributed by atoms with van der Waals surface area (Å²) in [6, 6.07) is 9.07. The zero-order chi connectivity index (χ0) is 14.7. The first kappa shape index (κ1) is 13.8. The number of H-pyrrole nitrogens is 1. The van der Waals surface area contributed by atoms with Crippen LogP contribution in [0.25, 0.3) is 0 Å². The second kappa shape index (κ2) is 6.10. The van der Waals surface area contributed by atoms with Crippen LogP contribution in [0.3, 0.4) is 0 Å². The molecule has 1 aromatic carbocycles. The third-order valence-corrected chi connectivity index (χ3v) is 3.99. The Morgan fingerprint density at radius 1 is 1.38 bits per heavy atom. The number of carbonyl (C=O) groups excluding carboxylic acids is 1. The van der Waals surface area contributed by atoms with Crippen molar-refractivity contribution in [1.82, 2.24) is 14.9 Å². The summed E-state index contributed by atoms with van der Waals surface area (Å²) in [6.45, 7) is 1.30. The number of likely N-dealkylation sites (tertiary alicyclic amines) is 1. The first-order valence-electron chi connectivity index (χ1n) is 7.27. The molecule has 1 aromatic heterocycles. The van der Waals surface area contributed by atoms with Gasteiger partial charge in [0.25, 0.3) is 5.91 Å². The Kier molecular flexibility index (Phi) is 4.01. The van der Waals surface area contributed by atoms with Crippen molar-refractivity contribution in [2.75, 3.05) is 13.1 Å². The predicted molar refractivity (Wildman–Crippen MR) is 78.5 cm³/mol. The highest BCUT2D eigenvalue weighted by atomic mass is 16.3. The molecule has 0 bridgehead atoms. The molecule has 3 rings (SSSR count). The molecule has 1 aliphatic rings. The van der Waals surface area contributed by atoms with Crippen molar-refractivity contribution in [3.8, 4) is 0 Å². The number of nitrogens with zero attached hydrogens (tertiary/aromatic N) is 2. The van der Waals surface area contributed by atoms with Gasteiger partial charge in [-0.25, -0.2) is 4.98 Å². The molecule has 1 amide bonds. The fourth-order valence-electron chi connectivity index (χ4n) is 2.85. The number of amides is 1. The Balaban J connectivity index is 1.70. The molecule has 0 radical (unpaired) electrons. The number of nitrogens with one attached hydrogen (secondary N) is 1. The number of aliphatic hydroxyl groups excluding tert-OH is 1. The highest BCUT2D eigenvalue weighted by Crippen LogP contribution is 2.26. The van der Waals surface area contributed by atoms with Crippen molar-refractivity contribution in [2.24, 2.45) is 0 Å². The number of hydrogen-bond acceptors (Lipinski definition) is 3. The fourth-order valence-corrected chi connectivity index (χ4v) is 2.85. The maximum atomic E-state index is 12.5. The minimum atomic E-state index is -1.08. The SMILES string of the molecule is O=C(C(O)c1ccccc1)N1CCCC(c2ncc[nH]2)C1. The number of aromatic amines is 1. The predicted octanol–water partition coefficient (Wildman–Crippen LogP) is 1.85. The third-order valence-electron chi connectivity index (χ3n) is 3.99. The van der Waals surface area contributed by atoms with Crippen molar-refractivity contribution in [3.63, 3.8) is 0 Å². The van der Waals surface area contributed by atoms with Crippen LogP contribution in [-0.4, -0.2) is 39.0 Å². The lowest BCUT2D eigenvalue weighted by Gasteiger charge is -2.33. The molecule has 2 atom stereocenters. The van der Waals surface area contributed by atoms with E-state index in [2.05, 4.69) is 9.97 Å². The zero-order valence-corrected chi connectivity index (χ0v) is 11.8. The summed E-state index contributed by atoms with van der Waals surface area (Å²) in [5.41, 5.74) is 0.641. The summed E-state index contributed by atoms with van der Waals surface area (Å²) in [6.07, 6.45) is 4.39. The first-order valence-corrected chi connectivity index (χ1v) is 7.27. The smallest absolute Gasteiger partial charge is 0.256 e. The largest absolute Gasteiger partial charge is 0.378 e. The van der Waals surface area contributed by atoms with Gasteiger partial charge in [-0.15, -0.1) is 0 Å². The summed E-state index contributed by atoms with van der Waals surface area (Å²) in [4.78, 5) is 21.6. The number of piperidine rings is 1. The molecule has 21 heavy (non-hydrogen) atoms. The molecule has 110 valence electrons. The van der Waals surface area contributed by atoms with Crippen LogP contribution in [0.2, 0.25) is 0 Å². The van der Waals surface area contributed by atoms with E-state index < -0.39 is 6.10 Å². The summed E-state index contributed by atoms with van der Waals surface area (Å²) in [7, 11) is 0. The highest BCUT2D eigenvalue weighted by molar-refractivity contribution is 5.82. The Morgan fingerprint density at radius 3 is 2.90 bits per heavy atom. The molecule has 0 aliphatic carbocycles. The molecule has 2 aromatic rings. The Hall–Kier alpha value is -2.14. The maximum Gasteiger partial charge on any atom is 0.256 e. The third kappa shape index (κ3) is 2.97. The minimum absolute atomic E-state index is 0.223. The van der Waals surface area contributed by atoms with Gasteiger partial charge in [-0.1, -0.05) is 30.3 Å². The Morgan fingerprint density at radius 2 is 2.19 bits per heavy atom. The quantitative estimate of drug-likeness (QED) is 0.904. The van der Waals surface area contributed by atoms with E-state index in [1.54, 1.807) is 29.4 Å². The number of hydrogen-bond donors (Lipinski definition) is 2. The van der Waals surface area contributed by atoms with Gasteiger partial charge in [0.05, 0.1) is 0 Å². The van der Waals surface area contributed by atoms with Gasteiger partial charge in [0, 0.05) is 31.4 Å². The lowest BCUT2D eigenvalue weighted by atomic mass is 9.96. The van der Waals surface area contributed by atoms with E-state index in [-0.39, 0.29) is 11.8 Å². The average molecular weight is 285 g/mol. The minimum Gasteiger partial charge on any atom is -0.378 e. The molecular weight excluding hydrogens is 266 g/mol. The number of rotatable bonds is 3. The monoisotopic (exact) mass is 285 g/mol. The topological polar surface area (TPSA) is 69.2 Å². The average Bonchev–Trinajstić information content (AvgIpc) is 3.09. The van der Waals surface area contributed by atoms with E-state index in [0.29, 0.717) is 18.7 Å². The van der Waals surface area contributed by atoms with Crippen LogP contribution in [0.15, 0.2) is 42.7 Å². The van der Waals surface area contributed by atoms with E-state index in [9.17, 15) is 9.90 Å². The van der Waals surface area contributed by atoms with Crippen LogP contribution in [0, 0.1) is 0 Å². The van der Waals surface area contributed by atoms with Gasteiger partial charge >= 0.3 is 0 Å². The van der Waals surface area contributed by atoms with Crippen LogP contribution < -0.4 is 0 Å². The lowest BCUT2D eigenvalue weighted by Crippen LogP contribution is -2.41. The van der Waals surface area contributed by atoms with Crippen LogP contribution in [-0.2, 0) is 4.79 Å². The number of aromatic nitrogens is 2. The van der Waals surface area contributed by atoms with E-state index in [0.717, 1.165) is 18.7 Å². The van der Waals surface area contributed by atoms with E-state index >= 15 is 0 Å². The van der Waals surface area contributed by atoms with Gasteiger partial charge < -0.3 is 15.0 Å². The summed E-state index contributed by atoms with van der Waals surface area (Å²) >= 11 is 0. The molecule has 2 N–H and O–H groups in total. The van der Waals surface area contributed by atoms with Crippen LogP contribution in [0.5, 0.6) is 0 Å². The number of aliphatic hydroxyl groups is 1. The second-order valence-corrected chi connectivity index (χ2v) is 5.41. The van der Waals surface area contributed by atoms with E-state index in [1.165, 1.54) is 0 Å². The number of carbonyl (C=O) groups is 1. The first-order chi connectivity index (χ1) is 10.3. The van der Waals surface area contributed by atoms with Gasteiger partial charge in [0.1, 0.15) is 5.82 Å². The van der Waals surface area contributed by atoms with Gasteiger partial charge in [-0.3, -0.25) is 4.79 Å². The molecular formula is C16H19N3O2. The summed E-state index contributed by atoms with van der Waals surface area (Å²) in [5, 5.41) is 10.2. The van der Waals surface area contributed by atoms with Crippen molar-refractivity contribution in [2.45, 2.75) is 24.9 Å². The van der Waals surface area contributed by atoms with Crippen molar-refractivity contribution in [3.05, 3.63) is 54.1 Å². The molecule has 2 heterocycles. The number of benzene rings is 1. The van der Waals surface area contributed by atoms with Crippen molar-refractivity contribution < 1.29 is 9.90 Å². The van der Waals surface area contributed by atoms with Gasteiger partial charge in [-0.05, 0) is 18.4 Å². The summed E-state index contributed by atoms with van der Waals surface area (Å²) in [5.74, 6) is 0.917. The molecule has 0 spiro atoms. The maximum absolute atomic E-state index is 12.5. The van der Waals surface area contributed by atoms with Crippen LogP contribution in [0.4, 0.5) is 0 Å². The molecule has 1 saturated heterocycles. The number of imidazole rings is 1. The lowest BCUT2D eigenvalue weighted by molar-refractivity contribution is -0.141. The van der Waals surface area contributed by atoms with Gasteiger partial charge in [-0.2, -0.15) is 0 Å². The molecule has 1 fully saturated rings. The second-order valence-electron chi connectivity index (χ2n) is 5.41. The van der Waals surface area contributed by atoms with Crippen molar-refractivity contribution >= 4 is 5.91 Å². The standard InChI is InChI=1S/C16H19N3O2/c20-14(12-5-2-1-3-6-12)16(21)19-10-4-7-13(11-19)15-17-8-9-18-15/h1-3,5-6,8-9,13-14,20H,4,7,10-11H2,(H,17,18). The Bertz CT molecular complexity index is 583. The zero-order valence-electron chi connectivity index (χ0n) is 11.8. The highest BCUT2D eigenvalue weighted by Gasteiger charge is 2.30. The molecule has 5 nitrogen and oxygen atoms in total. The molecule has 5 heteroatoms.